The van der Waals surface area contributed by atoms with Gasteiger partial charge in [0.05, 0.1) is 12.3 Å². The van der Waals surface area contributed by atoms with E-state index in [1.807, 2.05) is 6.92 Å². The van der Waals surface area contributed by atoms with Crippen LogP contribution < -0.4 is 21.3 Å². The molecule has 246 valence electrons. The molecule has 0 aromatic heterocycles. The lowest BCUT2D eigenvalue weighted by atomic mass is 9.72. The second-order valence-corrected chi connectivity index (χ2v) is 14.6. The first-order valence-corrected chi connectivity index (χ1v) is 16.9. The number of hydrogen-bond donors (Lipinski definition) is 7. The van der Waals surface area contributed by atoms with Crippen molar-refractivity contribution in [1.29, 1.82) is 0 Å². The van der Waals surface area contributed by atoms with Crippen LogP contribution in [-0.4, -0.2) is 81.6 Å². The van der Waals surface area contributed by atoms with Gasteiger partial charge >= 0.3 is 17.9 Å². The third-order valence-electron chi connectivity index (χ3n) is 12.6. The predicted octanol–water partition coefficient (Wildman–Crippen LogP) is 3.24. The Morgan fingerprint density at radius 1 is 0.795 bits per heavy atom. The minimum absolute atomic E-state index is 0.00189. The zero-order valence-corrected chi connectivity index (χ0v) is 27.0. The van der Waals surface area contributed by atoms with Crippen LogP contribution in [0.15, 0.2) is 23.8 Å². The number of carboxylic acids is 3. The van der Waals surface area contributed by atoms with Crippen LogP contribution in [0, 0.1) is 41.4 Å². The molecular formula is C34H54N4O6. The van der Waals surface area contributed by atoms with E-state index in [4.69, 9.17) is 0 Å². The summed E-state index contributed by atoms with van der Waals surface area (Å²) in [5.74, 6) is -3.48. The van der Waals surface area contributed by atoms with E-state index < -0.39 is 35.8 Å². The number of fused-ring (bicyclic) bond motifs is 8. The number of carboxylic acid groups (broad SMARTS) is 3. The summed E-state index contributed by atoms with van der Waals surface area (Å²) in [6.07, 6.45) is 5.79. The first-order chi connectivity index (χ1) is 20.9. The maximum atomic E-state index is 12.9. The minimum atomic E-state index is -0.962. The van der Waals surface area contributed by atoms with Crippen molar-refractivity contribution in [3.8, 4) is 0 Å². The van der Waals surface area contributed by atoms with Crippen LogP contribution in [0.5, 0.6) is 0 Å². The zero-order valence-electron chi connectivity index (χ0n) is 27.0. The molecule has 0 amide bonds. The van der Waals surface area contributed by atoms with Crippen molar-refractivity contribution < 1.29 is 29.7 Å². The van der Waals surface area contributed by atoms with Crippen molar-refractivity contribution in [1.82, 2.24) is 21.3 Å². The van der Waals surface area contributed by atoms with Crippen molar-refractivity contribution in [3.05, 3.63) is 23.8 Å². The van der Waals surface area contributed by atoms with Gasteiger partial charge in [-0.25, -0.2) is 0 Å². The highest BCUT2D eigenvalue weighted by molar-refractivity contribution is 5.73. The van der Waals surface area contributed by atoms with Gasteiger partial charge in [0.1, 0.15) is 0 Å². The van der Waals surface area contributed by atoms with E-state index in [2.05, 4.69) is 61.6 Å². The Morgan fingerprint density at radius 2 is 1.43 bits per heavy atom. The van der Waals surface area contributed by atoms with E-state index in [1.165, 1.54) is 11.1 Å². The quantitative estimate of drug-likeness (QED) is 0.202. The van der Waals surface area contributed by atoms with E-state index in [-0.39, 0.29) is 72.9 Å². The number of nitrogens with one attached hydrogen (secondary N) is 4. The third kappa shape index (κ3) is 6.11. The van der Waals surface area contributed by atoms with E-state index >= 15 is 0 Å². The van der Waals surface area contributed by atoms with Gasteiger partial charge in [-0.3, -0.25) is 14.4 Å². The van der Waals surface area contributed by atoms with Crippen LogP contribution in [0.3, 0.4) is 0 Å². The predicted molar refractivity (Wildman–Crippen MR) is 168 cm³/mol. The maximum absolute atomic E-state index is 12.9. The molecule has 5 aliphatic rings. The average Bonchev–Trinajstić information content (AvgIpc) is 3.63. The van der Waals surface area contributed by atoms with Crippen LogP contribution in [-0.2, 0) is 14.4 Å². The van der Waals surface area contributed by atoms with Crippen LogP contribution >= 0.6 is 0 Å². The zero-order chi connectivity index (χ0) is 32.0. The van der Waals surface area contributed by atoms with Gasteiger partial charge in [0, 0.05) is 60.7 Å². The molecular weight excluding hydrogens is 560 g/mol. The monoisotopic (exact) mass is 614 g/mol. The molecule has 15 atom stereocenters. The molecule has 10 heteroatoms. The van der Waals surface area contributed by atoms with Crippen LogP contribution in [0.4, 0.5) is 0 Å². The van der Waals surface area contributed by atoms with Gasteiger partial charge in [0.15, 0.2) is 0 Å². The van der Waals surface area contributed by atoms with Crippen molar-refractivity contribution in [2.24, 2.45) is 41.4 Å². The number of aliphatic carboxylic acids is 3. The fourth-order valence-electron chi connectivity index (χ4n) is 10.2. The molecule has 10 nitrogen and oxygen atoms in total. The number of rotatable bonds is 8. The van der Waals surface area contributed by atoms with Crippen molar-refractivity contribution in [3.63, 3.8) is 0 Å². The Balaban J connectivity index is 1.58. The first kappa shape index (κ1) is 33.1. The van der Waals surface area contributed by atoms with Crippen LogP contribution in [0.25, 0.3) is 0 Å². The van der Waals surface area contributed by atoms with Gasteiger partial charge in [0.2, 0.25) is 0 Å². The van der Waals surface area contributed by atoms with E-state index in [9.17, 15) is 29.7 Å². The van der Waals surface area contributed by atoms with E-state index in [0.29, 0.717) is 18.3 Å². The molecule has 0 aliphatic carbocycles. The van der Waals surface area contributed by atoms with E-state index in [0.717, 1.165) is 25.7 Å². The molecule has 5 heterocycles. The second kappa shape index (κ2) is 13.2. The molecule has 4 fully saturated rings. The summed E-state index contributed by atoms with van der Waals surface area (Å²) in [6.45, 7) is 15.1. The van der Waals surface area contributed by atoms with Gasteiger partial charge < -0.3 is 36.6 Å². The average molecular weight is 615 g/mol. The van der Waals surface area contributed by atoms with Crippen molar-refractivity contribution in [2.75, 3.05) is 0 Å². The molecule has 0 radical (unpaired) electrons. The molecule has 5 aliphatic heterocycles. The van der Waals surface area contributed by atoms with Crippen LogP contribution in [0.1, 0.15) is 79.6 Å². The normalized spacial score (nSPS) is 45.4. The largest absolute Gasteiger partial charge is 0.481 e. The Kier molecular flexibility index (Phi) is 9.95. The summed E-state index contributed by atoms with van der Waals surface area (Å²) >= 11 is 0. The highest BCUT2D eigenvalue weighted by Crippen LogP contribution is 2.45. The molecule has 8 bridgehead atoms. The molecule has 44 heavy (non-hydrogen) atoms. The molecule has 4 saturated heterocycles. The number of carbonyl (C=O) groups is 3. The van der Waals surface area contributed by atoms with Gasteiger partial charge in [-0.2, -0.15) is 0 Å². The highest BCUT2D eigenvalue weighted by atomic mass is 16.4. The summed E-state index contributed by atoms with van der Waals surface area (Å²) in [4.78, 5) is 37.0. The molecule has 7 N–H and O–H groups in total. The molecule has 13 unspecified atom stereocenters. The van der Waals surface area contributed by atoms with Crippen molar-refractivity contribution in [2.45, 2.75) is 128 Å². The maximum Gasteiger partial charge on any atom is 0.308 e. The van der Waals surface area contributed by atoms with Gasteiger partial charge in [-0.1, -0.05) is 44.9 Å². The molecule has 0 aromatic rings. The SMILES string of the molecule is C=CC1C2CC3NC(CC4NC(C(CC(=O)O)C5NC(CC(N2)C1C)[C@@H](C)[C@@H]5CCC(=O)O)C(C(=O)O)C4C)C(CC)=C3C. The topological polar surface area (TPSA) is 160 Å². The number of hydrogen-bond acceptors (Lipinski definition) is 7. The fraction of sp³-hybridized carbons (Fsp3) is 0.794. The first-order valence-electron chi connectivity index (χ1n) is 16.9. The summed E-state index contributed by atoms with van der Waals surface area (Å²) in [7, 11) is 0. The second-order valence-electron chi connectivity index (χ2n) is 14.6. The Labute approximate surface area is 261 Å². The highest BCUT2D eigenvalue weighted by Gasteiger charge is 2.55. The smallest absolute Gasteiger partial charge is 0.308 e. The van der Waals surface area contributed by atoms with Gasteiger partial charge in [-0.15, -0.1) is 6.58 Å². The van der Waals surface area contributed by atoms with Crippen LogP contribution in [0.2, 0.25) is 0 Å². The summed E-state index contributed by atoms with van der Waals surface area (Å²) < 4.78 is 0. The molecule has 0 saturated carbocycles. The van der Waals surface area contributed by atoms with Gasteiger partial charge in [-0.05, 0) is 68.6 Å². The third-order valence-corrected chi connectivity index (χ3v) is 12.6. The van der Waals surface area contributed by atoms with Gasteiger partial charge in [0.25, 0.3) is 0 Å². The molecule has 0 spiro atoms. The summed E-state index contributed by atoms with van der Waals surface area (Å²) in [5.41, 5.74) is 2.78. The Morgan fingerprint density at radius 3 is 2.05 bits per heavy atom. The molecule has 0 aromatic carbocycles. The lowest BCUT2D eigenvalue weighted by Gasteiger charge is -2.35. The summed E-state index contributed by atoms with van der Waals surface area (Å²) in [5, 5.41) is 45.7. The van der Waals surface area contributed by atoms with E-state index in [1.54, 1.807) is 0 Å². The molecule has 5 rings (SSSR count). The standard InChI is InChI=1S/C34H54N4O6/c1-7-19-15(3)23-12-25-17(5)21(9-10-29(39)40)32(37-25)22(11-30(41)42)33-31(34(43)44)18(6)26(38-33)14-28-20(8-2)16(4)24(36-28)13-27(19)35-23/h7,15,17-19,21-28,31-33,35-38H,1,8-14H2,2-6H3,(H,39,40)(H,41,42)(H,43,44)/t15?,17-,18?,19?,21-,22?,23?,24?,25?,26?,27?,28?,31?,32?,33?/m0/s1. The minimum Gasteiger partial charge on any atom is -0.481 e. The lowest BCUT2D eigenvalue weighted by Crippen LogP contribution is -2.52. The summed E-state index contributed by atoms with van der Waals surface area (Å²) in [6, 6.07) is -0.0657. The Hall–Kier alpha value is -2.27. The Bertz CT molecular complexity index is 1160. The lowest BCUT2D eigenvalue weighted by molar-refractivity contribution is -0.145. The van der Waals surface area contributed by atoms with Crippen molar-refractivity contribution >= 4 is 17.9 Å². The fourth-order valence-corrected chi connectivity index (χ4v) is 10.2.